The maximum absolute atomic E-state index is 4.36. The van der Waals surface area contributed by atoms with E-state index in [2.05, 4.69) is 44.8 Å². The van der Waals surface area contributed by atoms with Gasteiger partial charge in [0.25, 0.3) is 0 Å². The summed E-state index contributed by atoms with van der Waals surface area (Å²) in [7, 11) is 1.93. The molecule has 0 aliphatic carbocycles. The molecule has 0 saturated carbocycles. The fourth-order valence-corrected chi connectivity index (χ4v) is 2.99. The maximum atomic E-state index is 4.36. The second-order valence-corrected chi connectivity index (χ2v) is 5.53. The van der Waals surface area contributed by atoms with Crippen molar-refractivity contribution < 1.29 is 0 Å². The van der Waals surface area contributed by atoms with Crippen LogP contribution in [0.4, 0.5) is 0 Å². The summed E-state index contributed by atoms with van der Waals surface area (Å²) in [6.45, 7) is 2.69. The number of rotatable bonds is 5. The molecule has 0 aliphatic heterocycles. The van der Waals surface area contributed by atoms with E-state index in [9.17, 15) is 0 Å². The van der Waals surface area contributed by atoms with Crippen molar-refractivity contribution >= 4 is 11.8 Å². The SMILES string of the molecule is CCn1nnc(-c2cnn(C)c2SCc2ccccc2)n1. The Labute approximate surface area is 127 Å². The molecule has 0 atom stereocenters. The van der Waals surface area contributed by atoms with Crippen LogP contribution in [0, 0.1) is 0 Å². The summed E-state index contributed by atoms with van der Waals surface area (Å²) < 4.78 is 1.86. The molecular formula is C14H16N6S. The van der Waals surface area contributed by atoms with Crippen LogP contribution in [-0.4, -0.2) is 30.0 Å². The molecule has 3 aromatic rings. The van der Waals surface area contributed by atoms with Gasteiger partial charge in [-0.3, -0.25) is 4.68 Å². The lowest BCUT2D eigenvalue weighted by Gasteiger charge is -2.04. The Kier molecular flexibility index (Phi) is 4.01. The van der Waals surface area contributed by atoms with E-state index < -0.39 is 0 Å². The smallest absolute Gasteiger partial charge is 0.209 e. The number of nitrogens with zero attached hydrogens (tertiary/aromatic N) is 6. The van der Waals surface area contributed by atoms with E-state index in [4.69, 9.17) is 0 Å². The molecule has 0 aliphatic rings. The first-order valence-electron chi connectivity index (χ1n) is 6.75. The number of aryl methyl sites for hydroxylation is 2. The van der Waals surface area contributed by atoms with Crippen molar-refractivity contribution in [1.82, 2.24) is 30.0 Å². The van der Waals surface area contributed by atoms with Gasteiger partial charge in [-0.15, -0.1) is 22.0 Å². The zero-order valence-corrected chi connectivity index (χ0v) is 12.8. The highest BCUT2D eigenvalue weighted by molar-refractivity contribution is 7.98. The van der Waals surface area contributed by atoms with Crippen LogP contribution in [0.3, 0.4) is 0 Å². The lowest BCUT2D eigenvalue weighted by atomic mass is 10.2. The van der Waals surface area contributed by atoms with Gasteiger partial charge in [0.05, 0.1) is 18.3 Å². The van der Waals surface area contributed by atoms with Crippen molar-refractivity contribution in [2.75, 3.05) is 0 Å². The average Bonchev–Trinajstić information content (AvgIpc) is 3.12. The van der Waals surface area contributed by atoms with Gasteiger partial charge in [0.2, 0.25) is 5.82 Å². The van der Waals surface area contributed by atoms with Gasteiger partial charge < -0.3 is 0 Å². The van der Waals surface area contributed by atoms with Crippen LogP contribution in [0.5, 0.6) is 0 Å². The largest absolute Gasteiger partial charge is 0.261 e. The van der Waals surface area contributed by atoms with E-state index in [0.29, 0.717) is 12.4 Å². The molecule has 0 radical (unpaired) electrons. The highest BCUT2D eigenvalue weighted by atomic mass is 32.2. The highest BCUT2D eigenvalue weighted by Gasteiger charge is 2.15. The van der Waals surface area contributed by atoms with Gasteiger partial charge in [-0.2, -0.15) is 9.90 Å². The summed E-state index contributed by atoms with van der Waals surface area (Å²) in [5, 5.41) is 17.8. The molecule has 0 unspecified atom stereocenters. The van der Waals surface area contributed by atoms with E-state index in [1.54, 1.807) is 22.8 Å². The Hall–Kier alpha value is -2.15. The van der Waals surface area contributed by atoms with E-state index in [0.717, 1.165) is 16.3 Å². The third-order valence-corrected chi connectivity index (χ3v) is 4.31. The number of benzene rings is 1. The number of hydrogen-bond acceptors (Lipinski definition) is 5. The molecular weight excluding hydrogens is 284 g/mol. The van der Waals surface area contributed by atoms with Crippen LogP contribution >= 0.6 is 11.8 Å². The van der Waals surface area contributed by atoms with Crippen molar-refractivity contribution in [3.8, 4) is 11.4 Å². The monoisotopic (exact) mass is 300 g/mol. The summed E-state index contributed by atoms with van der Waals surface area (Å²) in [6.07, 6.45) is 1.80. The Balaban J connectivity index is 1.83. The number of thioether (sulfide) groups is 1. The average molecular weight is 300 g/mol. The Morgan fingerprint density at radius 2 is 2.00 bits per heavy atom. The van der Waals surface area contributed by atoms with Crippen LogP contribution < -0.4 is 0 Å². The predicted molar refractivity (Wildman–Crippen MR) is 81.7 cm³/mol. The molecule has 0 N–H and O–H groups in total. The fourth-order valence-electron chi connectivity index (χ4n) is 1.96. The molecule has 108 valence electrons. The molecule has 0 saturated heterocycles. The third kappa shape index (κ3) is 2.97. The van der Waals surface area contributed by atoms with E-state index in [-0.39, 0.29) is 0 Å². The van der Waals surface area contributed by atoms with E-state index in [1.807, 2.05) is 24.7 Å². The molecule has 7 heteroatoms. The topological polar surface area (TPSA) is 61.4 Å². The first-order chi connectivity index (χ1) is 10.3. The molecule has 2 heterocycles. The van der Waals surface area contributed by atoms with Gasteiger partial charge in [-0.1, -0.05) is 30.3 Å². The predicted octanol–water partition coefficient (Wildman–Crippen LogP) is 2.39. The molecule has 0 spiro atoms. The molecule has 3 rings (SSSR count). The maximum Gasteiger partial charge on any atom is 0.209 e. The van der Waals surface area contributed by atoms with Crippen LogP contribution in [-0.2, 0) is 19.3 Å². The minimum absolute atomic E-state index is 0.625. The number of tetrazole rings is 1. The highest BCUT2D eigenvalue weighted by Crippen LogP contribution is 2.30. The Morgan fingerprint density at radius 3 is 2.71 bits per heavy atom. The number of hydrogen-bond donors (Lipinski definition) is 0. The standard InChI is InChI=1S/C14H16N6S/c1-3-20-17-13(16-18-20)12-9-15-19(2)14(12)21-10-11-7-5-4-6-8-11/h4-9H,3,10H2,1-2H3. The molecule has 1 aromatic carbocycles. The van der Waals surface area contributed by atoms with Gasteiger partial charge in [-0.05, 0) is 17.7 Å². The molecule has 2 aromatic heterocycles. The van der Waals surface area contributed by atoms with E-state index in [1.165, 1.54) is 5.56 Å². The molecule has 21 heavy (non-hydrogen) atoms. The van der Waals surface area contributed by atoms with Gasteiger partial charge in [0.1, 0.15) is 5.03 Å². The Morgan fingerprint density at radius 1 is 1.19 bits per heavy atom. The first kappa shape index (κ1) is 13.8. The van der Waals surface area contributed by atoms with Crippen LogP contribution in [0.15, 0.2) is 41.6 Å². The van der Waals surface area contributed by atoms with Crippen molar-refractivity contribution in [2.24, 2.45) is 7.05 Å². The van der Waals surface area contributed by atoms with Crippen molar-refractivity contribution in [3.63, 3.8) is 0 Å². The van der Waals surface area contributed by atoms with Gasteiger partial charge in [0.15, 0.2) is 0 Å². The molecule has 0 bridgehead atoms. The summed E-state index contributed by atoms with van der Waals surface area (Å²) >= 11 is 1.73. The van der Waals surface area contributed by atoms with Crippen LogP contribution in [0.25, 0.3) is 11.4 Å². The lowest BCUT2D eigenvalue weighted by molar-refractivity contribution is 0.552. The Bertz CT molecular complexity index is 718. The molecule has 0 amide bonds. The van der Waals surface area contributed by atoms with Crippen LogP contribution in [0.1, 0.15) is 12.5 Å². The van der Waals surface area contributed by atoms with E-state index >= 15 is 0 Å². The molecule has 6 nitrogen and oxygen atoms in total. The molecule has 0 fully saturated rings. The minimum Gasteiger partial charge on any atom is -0.261 e. The minimum atomic E-state index is 0.625. The quantitative estimate of drug-likeness (QED) is 0.677. The zero-order valence-electron chi connectivity index (χ0n) is 12.0. The first-order valence-corrected chi connectivity index (χ1v) is 7.73. The summed E-state index contributed by atoms with van der Waals surface area (Å²) in [5.41, 5.74) is 2.21. The second-order valence-electron chi connectivity index (χ2n) is 4.56. The van der Waals surface area contributed by atoms with Gasteiger partial charge >= 0.3 is 0 Å². The number of aromatic nitrogens is 6. The second kappa shape index (κ2) is 6.09. The normalized spacial score (nSPS) is 11.0. The van der Waals surface area contributed by atoms with Crippen LogP contribution in [0.2, 0.25) is 0 Å². The fraction of sp³-hybridized carbons (Fsp3) is 0.286. The van der Waals surface area contributed by atoms with Gasteiger partial charge in [-0.25, -0.2) is 0 Å². The summed E-state index contributed by atoms with van der Waals surface area (Å²) in [6, 6.07) is 10.4. The lowest BCUT2D eigenvalue weighted by Crippen LogP contribution is -1.98. The zero-order chi connectivity index (χ0) is 14.7. The van der Waals surface area contributed by atoms with Gasteiger partial charge in [0, 0.05) is 12.8 Å². The van der Waals surface area contributed by atoms with Crippen molar-refractivity contribution in [2.45, 2.75) is 24.2 Å². The summed E-state index contributed by atoms with van der Waals surface area (Å²) in [4.78, 5) is 1.58. The van der Waals surface area contributed by atoms with Crippen molar-refractivity contribution in [3.05, 3.63) is 42.1 Å². The van der Waals surface area contributed by atoms with Crippen molar-refractivity contribution in [1.29, 1.82) is 0 Å². The third-order valence-electron chi connectivity index (χ3n) is 3.08. The summed E-state index contributed by atoms with van der Waals surface area (Å²) in [5.74, 6) is 1.51.